The minimum Gasteiger partial charge on any atom is -0.347 e. The highest BCUT2D eigenvalue weighted by molar-refractivity contribution is 5.82. The lowest BCUT2D eigenvalue weighted by Gasteiger charge is -2.29. The van der Waals surface area contributed by atoms with Crippen molar-refractivity contribution in [1.82, 2.24) is 15.6 Å². The molecule has 0 aromatic carbocycles. The predicted octanol–water partition coefficient (Wildman–Crippen LogP) is 2.04. The van der Waals surface area contributed by atoms with E-state index in [-0.39, 0.29) is 18.0 Å². The highest BCUT2D eigenvalue weighted by Gasteiger charge is 2.26. The summed E-state index contributed by atoms with van der Waals surface area (Å²) in [4.78, 5) is 16.5. The van der Waals surface area contributed by atoms with Gasteiger partial charge in [-0.25, -0.2) is 0 Å². The van der Waals surface area contributed by atoms with E-state index < -0.39 is 0 Å². The molecule has 0 saturated carbocycles. The first-order valence-corrected chi connectivity index (χ1v) is 7.15. The van der Waals surface area contributed by atoms with Crippen molar-refractivity contribution in [3.63, 3.8) is 0 Å². The monoisotopic (exact) mass is 261 g/mol. The summed E-state index contributed by atoms with van der Waals surface area (Å²) < 4.78 is 0. The summed E-state index contributed by atoms with van der Waals surface area (Å²) in [5, 5.41) is 6.35. The van der Waals surface area contributed by atoms with Gasteiger partial charge in [0.25, 0.3) is 0 Å². The van der Waals surface area contributed by atoms with Crippen LogP contribution in [0.3, 0.4) is 0 Å². The summed E-state index contributed by atoms with van der Waals surface area (Å²) in [6.45, 7) is 5.11. The van der Waals surface area contributed by atoms with Crippen LogP contribution < -0.4 is 10.6 Å². The summed E-state index contributed by atoms with van der Waals surface area (Å²) in [5.41, 5.74) is 0.902. The first-order valence-electron chi connectivity index (χ1n) is 7.15. The molecule has 0 spiro atoms. The fourth-order valence-electron chi connectivity index (χ4n) is 2.59. The van der Waals surface area contributed by atoms with Crippen molar-refractivity contribution in [2.45, 2.75) is 45.2 Å². The van der Waals surface area contributed by atoms with Crippen molar-refractivity contribution in [2.75, 3.05) is 6.54 Å². The molecule has 2 N–H and O–H groups in total. The Morgan fingerprint density at radius 3 is 3.11 bits per heavy atom. The van der Waals surface area contributed by atoms with E-state index in [1.165, 1.54) is 6.42 Å². The quantitative estimate of drug-likeness (QED) is 0.872. The van der Waals surface area contributed by atoms with Gasteiger partial charge in [-0.05, 0) is 44.4 Å². The standard InChI is InChI=1S/C15H23N3O/c1-3-12-7-9-17-14(10-12)15(19)18-11(2)13-6-4-5-8-16-13/h4-6,8,11-12,14,17H,3,7,9-10H2,1-2H3,(H,18,19). The fourth-order valence-corrected chi connectivity index (χ4v) is 2.59. The zero-order valence-corrected chi connectivity index (χ0v) is 11.7. The Kier molecular flexibility index (Phi) is 4.91. The molecule has 0 aliphatic carbocycles. The van der Waals surface area contributed by atoms with Gasteiger partial charge >= 0.3 is 0 Å². The average Bonchev–Trinajstić information content (AvgIpc) is 2.48. The lowest BCUT2D eigenvalue weighted by Crippen LogP contribution is -2.49. The van der Waals surface area contributed by atoms with E-state index in [9.17, 15) is 4.79 Å². The van der Waals surface area contributed by atoms with E-state index in [2.05, 4.69) is 22.5 Å². The number of carbonyl (C=O) groups excluding carboxylic acids is 1. The summed E-state index contributed by atoms with van der Waals surface area (Å²) in [6, 6.07) is 5.67. The molecule has 1 fully saturated rings. The number of carbonyl (C=O) groups is 1. The molecule has 2 rings (SSSR count). The van der Waals surface area contributed by atoms with Crippen LogP contribution in [0.4, 0.5) is 0 Å². The van der Waals surface area contributed by atoms with Crippen LogP contribution >= 0.6 is 0 Å². The fraction of sp³-hybridized carbons (Fsp3) is 0.600. The topological polar surface area (TPSA) is 54.0 Å². The number of nitrogens with zero attached hydrogens (tertiary/aromatic N) is 1. The number of pyridine rings is 1. The first kappa shape index (κ1) is 14.0. The Hall–Kier alpha value is -1.42. The Morgan fingerprint density at radius 2 is 2.42 bits per heavy atom. The molecule has 19 heavy (non-hydrogen) atoms. The summed E-state index contributed by atoms with van der Waals surface area (Å²) in [6.07, 6.45) is 5.03. The van der Waals surface area contributed by atoms with E-state index in [1.807, 2.05) is 25.1 Å². The van der Waals surface area contributed by atoms with Gasteiger partial charge in [-0.2, -0.15) is 0 Å². The number of nitrogens with one attached hydrogen (secondary N) is 2. The Morgan fingerprint density at radius 1 is 1.58 bits per heavy atom. The molecule has 2 heterocycles. The smallest absolute Gasteiger partial charge is 0.237 e. The maximum Gasteiger partial charge on any atom is 0.237 e. The molecule has 0 bridgehead atoms. The van der Waals surface area contributed by atoms with Crippen LogP contribution in [0.25, 0.3) is 0 Å². The van der Waals surface area contributed by atoms with Crippen molar-refractivity contribution in [2.24, 2.45) is 5.92 Å². The van der Waals surface area contributed by atoms with Gasteiger partial charge in [0.2, 0.25) is 5.91 Å². The highest BCUT2D eigenvalue weighted by atomic mass is 16.2. The third kappa shape index (κ3) is 3.77. The SMILES string of the molecule is CCC1CCNC(C(=O)NC(C)c2ccccn2)C1. The summed E-state index contributed by atoms with van der Waals surface area (Å²) in [5.74, 6) is 0.762. The predicted molar refractivity (Wildman–Crippen MR) is 75.6 cm³/mol. The normalized spacial score (nSPS) is 24.7. The number of aromatic nitrogens is 1. The van der Waals surface area contributed by atoms with Gasteiger partial charge in [0.05, 0.1) is 17.8 Å². The number of amides is 1. The van der Waals surface area contributed by atoms with E-state index in [4.69, 9.17) is 0 Å². The van der Waals surface area contributed by atoms with E-state index in [0.29, 0.717) is 5.92 Å². The van der Waals surface area contributed by atoms with Crippen LogP contribution in [0.2, 0.25) is 0 Å². The van der Waals surface area contributed by atoms with E-state index in [1.54, 1.807) is 6.20 Å². The third-order valence-corrected chi connectivity index (χ3v) is 3.90. The molecule has 0 radical (unpaired) electrons. The van der Waals surface area contributed by atoms with Crippen LogP contribution in [0.5, 0.6) is 0 Å². The molecule has 1 aromatic heterocycles. The average molecular weight is 261 g/mol. The van der Waals surface area contributed by atoms with Crippen molar-refractivity contribution in [3.05, 3.63) is 30.1 Å². The second kappa shape index (κ2) is 6.66. The molecule has 1 saturated heterocycles. The van der Waals surface area contributed by atoms with Crippen LogP contribution in [-0.4, -0.2) is 23.5 Å². The second-order valence-electron chi connectivity index (χ2n) is 5.29. The second-order valence-corrected chi connectivity index (χ2v) is 5.29. The minimum atomic E-state index is -0.0511. The van der Waals surface area contributed by atoms with Crippen molar-refractivity contribution in [1.29, 1.82) is 0 Å². The Bertz CT molecular complexity index is 407. The van der Waals surface area contributed by atoms with Crippen LogP contribution in [-0.2, 0) is 4.79 Å². The summed E-state index contributed by atoms with van der Waals surface area (Å²) in [7, 11) is 0. The van der Waals surface area contributed by atoms with Crippen LogP contribution in [0.1, 0.15) is 44.8 Å². The zero-order chi connectivity index (χ0) is 13.7. The Labute approximate surface area is 115 Å². The number of hydrogen-bond acceptors (Lipinski definition) is 3. The van der Waals surface area contributed by atoms with Crippen molar-refractivity contribution < 1.29 is 4.79 Å². The number of rotatable bonds is 4. The molecular formula is C15H23N3O. The molecule has 1 aromatic rings. The molecule has 1 aliphatic heterocycles. The molecule has 4 heteroatoms. The summed E-state index contributed by atoms with van der Waals surface area (Å²) >= 11 is 0. The van der Waals surface area contributed by atoms with Gasteiger partial charge in [0, 0.05) is 6.20 Å². The van der Waals surface area contributed by atoms with Gasteiger partial charge < -0.3 is 10.6 Å². The maximum absolute atomic E-state index is 12.2. The molecule has 1 aliphatic rings. The maximum atomic E-state index is 12.2. The van der Waals surface area contributed by atoms with Crippen molar-refractivity contribution >= 4 is 5.91 Å². The van der Waals surface area contributed by atoms with Crippen LogP contribution in [0, 0.1) is 5.92 Å². The molecule has 1 amide bonds. The van der Waals surface area contributed by atoms with Gasteiger partial charge in [-0.15, -0.1) is 0 Å². The highest BCUT2D eigenvalue weighted by Crippen LogP contribution is 2.20. The van der Waals surface area contributed by atoms with Gasteiger partial charge in [0.15, 0.2) is 0 Å². The molecular weight excluding hydrogens is 238 g/mol. The number of hydrogen-bond donors (Lipinski definition) is 2. The van der Waals surface area contributed by atoms with Crippen LogP contribution in [0.15, 0.2) is 24.4 Å². The molecule has 3 unspecified atom stereocenters. The largest absolute Gasteiger partial charge is 0.347 e. The van der Waals surface area contributed by atoms with E-state index in [0.717, 1.165) is 25.1 Å². The molecule has 104 valence electrons. The zero-order valence-electron chi connectivity index (χ0n) is 11.7. The molecule has 4 nitrogen and oxygen atoms in total. The minimum absolute atomic E-state index is 0.0440. The van der Waals surface area contributed by atoms with Gasteiger partial charge in [-0.1, -0.05) is 19.4 Å². The van der Waals surface area contributed by atoms with Gasteiger partial charge in [0.1, 0.15) is 0 Å². The molecule has 3 atom stereocenters. The third-order valence-electron chi connectivity index (χ3n) is 3.90. The lowest BCUT2D eigenvalue weighted by atomic mass is 9.90. The lowest BCUT2D eigenvalue weighted by molar-refractivity contribution is -0.124. The van der Waals surface area contributed by atoms with E-state index >= 15 is 0 Å². The number of piperidine rings is 1. The van der Waals surface area contributed by atoms with Gasteiger partial charge in [-0.3, -0.25) is 9.78 Å². The first-order chi connectivity index (χ1) is 9.20. The van der Waals surface area contributed by atoms with Crippen molar-refractivity contribution in [3.8, 4) is 0 Å². The Balaban J connectivity index is 1.90.